The number of urea groups is 1. The fourth-order valence-corrected chi connectivity index (χ4v) is 2.99. The van der Waals surface area contributed by atoms with Crippen LogP contribution in [-0.4, -0.2) is 22.0 Å². The first-order chi connectivity index (χ1) is 14.7. The Kier molecular flexibility index (Phi) is 5.87. The van der Waals surface area contributed by atoms with E-state index in [-0.39, 0.29) is 0 Å². The van der Waals surface area contributed by atoms with Crippen molar-refractivity contribution in [3.8, 4) is 16.9 Å². The highest BCUT2D eigenvalue weighted by atomic mass is 35.5. The Balaban J connectivity index is 1.57. The highest BCUT2D eigenvalue weighted by Crippen LogP contribution is 2.24. The lowest BCUT2D eigenvalue weighted by molar-refractivity contribution is 0.252. The topological polar surface area (TPSA) is 71.3 Å². The zero-order chi connectivity index (χ0) is 20.8. The van der Waals surface area contributed by atoms with Gasteiger partial charge in [-0.2, -0.15) is 10.2 Å². The summed E-state index contributed by atoms with van der Waals surface area (Å²) in [4.78, 5) is 12.1. The number of hydrazone groups is 1. The molecule has 4 rings (SSSR count). The molecule has 0 aliphatic heterocycles. The number of aromatic nitrogens is 2. The Bertz CT molecular complexity index is 1160. The van der Waals surface area contributed by atoms with Gasteiger partial charge in [-0.3, -0.25) is 0 Å². The lowest BCUT2D eigenvalue weighted by atomic mass is 10.1. The Morgan fingerprint density at radius 2 is 1.60 bits per heavy atom. The number of benzene rings is 3. The number of amides is 2. The molecule has 30 heavy (non-hydrogen) atoms. The van der Waals surface area contributed by atoms with E-state index in [9.17, 15) is 4.79 Å². The van der Waals surface area contributed by atoms with Crippen molar-refractivity contribution in [3.05, 3.63) is 102 Å². The molecule has 1 aromatic heterocycles. The molecule has 7 heteroatoms. The molecule has 2 amide bonds. The summed E-state index contributed by atoms with van der Waals surface area (Å²) >= 11 is 6.02. The molecule has 0 saturated carbocycles. The molecule has 2 N–H and O–H groups in total. The van der Waals surface area contributed by atoms with Gasteiger partial charge in [0.1, 0.15) is 5.69 Å². The molecular formula is C23H18ClN5O. The van der Waals surface area contributed by atoms with Crippen LogP contribution in [0.1, 0.15) is 5.56 Å². The molecule has 1 heterocycles. The van der Waals surface area contributed by atoms with Gasteiger partial charge in [0.2, 0.25) is 0 Å². The van der Waals surface area contributed by atoms with Gasteiger partial charge in [0, 0.05) is 28.0 Å². The van der Waals surface area contributed by atoms with Gasteiger partial charge in [0.25, 0.3) is 0 Å². The predicted molar refractivity (Wildman–Crippen MR) is 120 cm³/mol. The molecular weight excluding hydrogens is 398 g/mol. The molecule has 4 aromatic rings. The van der Waals surface area contributed by atoms with Crippen molar-refractivity contribution in [3.63, 3.8) is 0 Å². The highest BCUT2D eigenvalue weighted by Gasteiger charge is 2.11. The van der Waals surface area contributed by atoms with Crippen molar-refractivity contribution in [1.82, 2.24) is 15.2 Å². The molecule has 0 bridgehead atoms. The van der Waals surface area contributed by atoms with E-state index in [1.807, 2.05) is 79.0 Å². The molecule has 6 nitrogen and oxygen atoms in total. The van der Waals surface area contributed by atoms with Crippen LogP contribution in [0.25, 0.3) is 16.9 Å². The molecule has 0 radical (unpaired) electrons. The number of carbonyl (C=O) groups is 1. The third-order valence-electron chi connectivity index (χ3n) is 4.28. The maximum absolute atomic E-state index is 12.1. The van der Waals surface area contributed by atoms with Gasteiger partial charge in [-0.1, -0.05) is 60.1 Å². The number of carbonyl (C=O) groups excluding carboxylic acids is 1. The number of halogens is 1. The fourth-order valence-electron chi connectivity index (χ4n) is 2.87. The minimum Gasteiger partial charge on any atom is -0.307 e. The third kappa shape index (κ3) is 4.74. The van der Waals surface area contributed by atoms with Crippen LogP contribution in [0.4, 0.5) is 10.5 Å². The number of nitrogens with zero attached hydrogens (tertiary/aromatic N) is 3. The highest BCUT2D eigenvalue weighted by molar-refractivity contribution is 6.30. The zero-order valence-electron chi connectivity index (χ0n) is 15.9. The SMILES string of the molecule is O=C(N/N=C/c1cn(-c2ccccc2)nc1-c1ccc(Cl)cc1)Nc1ccccc1. The molecule has 0 aliphatic rings. The van der Waals surface area contributed by atoms with Gasteiger partial charge in [-0.05, 0) is 36.4 Å². The summed E-state index contributed by atoms with van der Waals surface area (Å²) in [5.74, 6) is 0. The van der Waals surface area contributed by atoms with Crippen molar-refractivity contribution >= 4 is 29.5 Å². The van der Waals surface area contributed by atoms with Crippen LogP contribution in [0.3, 0.4) is 0 Å². The minimum atomic E-state index is -0.430. The number of anilines is 1. The normalized spacial score (nSPS) is 10.8. The Labute approximate surface area is 178 Å². The van der Waals surface area contributed by atoms with Gasteiger partial charge >= 0.3 is 6.03 Å². The largest absolute Gasteiger partial charge is 0.339 e. The van der Waals surface area contributed by atoms with Crippen LogP contribution in [0.15, 0.2) is 96.2 Å². The molecule has 148 valence electrons. The van der Waals surface area contributed by atoms with Crippen LogP contribution >= 0.6 is 11.6 Å². The van der Waals surface area contributed by atoms with Gasteiger partial charge in [0.05, 0.1) is 11.9 Å². The van der Waals surface area contributed by atoms with Crippen LogP contribution in [0.2, 0.25) is 5.02 Å². The summed E-state index contributed by atoms with van der Waals surface area (Å²) in [7, 11) is 0. The van der Waals surface area contributed by atoms with Crippen molar-refractivity contribution < 1.29 is 4.79 Å². The van der Waals surface area contributed by atoms with E-state index in [2.05, 4.69) is 15.8 Å². The maximum Gasteiger partial charge on any atom is 0.339 e. The molecule has 0 unspecified atom stereocenters. The maximum atomic E-state index is 12.1. The molecule has 0 atom stereocenters. The van der Waals surface area contributed by atoms with E-state index in [1.165, 1.54) is 0 Å². The standard InChI is InChI=1S/C23H18ClN5O/c24-19-13-11-17(12-14-19)22-18(16-29(28-22)21-9-5-2-6-10-21)15-25-27-23(30)26-20-7-3-1-4-8-20/h1-16H,(H2,26,27,30)/b25-15+. The number of para-hydroxylation sites is 2. The summed E-state index contributed by atoms with van der Waals surface area (Å²) in [6, 6.07) is 25.9. The Hall–Kier alpha value is -3.90. The van der Waals surface area contributed by atoms with Crippen LogP contribution in [0.5, 0.6) is 0 Å². The van der Waals surface area contributed by atoms with Gasteiger partial charge in [0.15, 0.2) is 0 Å². The second-order valence-electron chi connectivity index (χ2n) is 6.41. The van der Waals surface area contributed by atoms with Crippen LogP contribution in [-0.2, 0) is 0 Å². The van der Waals surface area contributed by atoms with Crippen LogP contribution < -0.4 is 10.7 Å². The average molecular weight is 416 g/mol. The molecule has 0 saturated heterocycles. The van der Waals surface area contributed by atoms with Crippen LogP contribution in [0, 0.1) is 0 Å². The van der Waals surface area contributed by atoms with Gasteiger partial charge in [-0.25, -0.2) is 14.9 Å². The van der Waals surface area contributed by atoms with E-state index >= 15 is 0 Å². The third-order valence-corrected chi connectivity index (χ3v) is 4.53. The number of hydrogen-bond donors (Lipinski definition) is 2. The van der Waals surface area contributed by atoms with E-state index in [4.69, 9.17) is 16.7 Å². The van der Waals surface area contributed by atoms with E-state index in [0.29, 0.717) is 10.7 Å². The quantitative estimate of drug-likeness (QED) is 0.340. The Morgan fingerprint density at radius 1 is 0.933 bits per heavy atom. The summed E-state index contributed by atoms with van der Waals surface area (Å²) in [6.45, 7) is 0. The Morgan fingerprint density at radius 3 is 2.30 bits per heavy atom. The second-order valence-corrected chi connectivity index (χ2v) is 6.85. The number of hydrogen-bond acceptors (Lipinski definition) is 3. The lowest BCUT2D eigenvalue weighted by Gasteiger charge is -2.03. The molecule has 0 fully saturated rings. The summed E-state index contributed by atoms with van der Waals surface area (Å²) in [5.41, 5.74) is 6.45. The molecule has 0 aliphatic carbocycles. The first-order valence-electron chi connectivity index (χ1n) is 9.25. The molecule has 0 spiro atoms. The first kappa shape index (κ1) is 19.4. The van der Waals surface area contributed by atoms with Crippen molar-refractivity contribution in [2.75, 3.05) is 5.32 Å². The first-order valence-corrected chi connectivity index (χ1v) is 9.63. The monoisotopic (exact) mass is 415 g/mol. The summed E-state index contributed by atoms with van der Waals surface area (Å²) in [5, 5.41) is 12.1. The van der Waals surface area contributed by atoms with Gasteiger partial charge < -0.3 is 5.32 Å². The van der Waals surface area contributed by atoms with Crippen molar-refractivity contribution in [2.24, 2.45) is 5.10 Å². The van der Waals surface area contributed by atoms with Crippen molar-refractivity contribution in [2.45, 2.75) is 0 Å². The van der Waals surface area contributed by atoms with Gasteiger partial charge in [-0.15, -0.1) is 0 Å². The molecule has 3 aromatic carbocycles. The predicted octanol–water partition coefficient (Wildman–Crippen LogP) is 5.35. The van der Waals surface area contributed by atoms with E-state index in [1.54, 1.807) is 23.0 Å². The number of nitrogens with one attached hydrogen (secondary N) is 2. The van der Waals surface area contributed by atoms with E-state index < -0.39 is 6.03 Å². The van der Waals surface area contributed by atoms with E-state index in [0.717, 1.165) is 22.5 Å². The van der Waals surface area contributed by atoms with Crippen molar-refractivity contribution in [1.29, 1.82) is 0 Å². The zero-order valence-corrected chi connectivity index (χ0v) is 16.6. The smallest absolute Gasteiger partial charge is 0.307 e. The minimum absolute atomic E-state index is 0.430. The fraction of sp³-hybridized carbons (Fsp3) is 0. The second kappa shape index (κ2) is 9.07. The lowest BCUT2D eigenvalue weighted by Crippen LogP contribution is -2.24. The average Bonchev–Trinajstić information content (AvgIpc) is 3.20. The summed E-state index contributed by atoms with van der Waals surface area (Å²) < 4.78 is 1.77. The summed E-state index contributed by atoms with van der Waals surface area (Å²) in [6.07, 6.45) is 3.43. The number of rotatable bonds is 5.